The topological polar surface area (TPSA) is 129 Å². The van der Waals surface area contributed by atoms with Gasteiger partial charge in [-0.3, -0.25) is 10.1 Å². The number of piperidine rings is 1. The Hall–Kier alpha value is -3.77. The van der Waals surface area contributed by atoms with Gasteiger partial charge in [-0.05, 0) is 49.2 Å². The molecule has 0 radical (unpaired) electrons. The number of amides is 1. The van der Waals surface area contributed by atoms with Crippen LogP contribution < -0.4 is 14.8 Å². The van der Waals surface area contributed by atoms with Gasteiger partial charge in [0.2, 0.25) is 10.0 Å². The summed E-state index contributed by atoms with van der Waals surface area (Å²) >= 11 is 0. The van der Waals surface area contributed by atoms with Gasteiger partial charge in [0, 0.05) is 31.1 Å². The molecule has 1 saturated heterocycles. The van der Waals surface area contributed by atoms with Gasteiger partial charge in [0.05, 0.1) is 24.6 Å². The molecule has 1 fully saturated rings. The van der Waals surface area contributed by atoms with E-state index in [-0.39, 0.29) is 10.8 Å². The lowest BCUT2D eigenvalue weighted by molar-refractivity contribution is 0.102. The highest BCUT2D eigenvalue weighted by Crippen LogP contribution is 2.30. The fourth-order valence-electron chi connectivity index (χ4n) is 4.46. The van der Waals surface area contributed by atoms with Crippen LogP contribution in [-0.4, -0.2) is 65.7 Å². The molecule has 0 aliphatic carbocycles. The zero-order valence-electron chi connectivity index (χ0n) is 20.2. The fourth-order valence-corrected chi connectivity index (χ4v) is 6.00. The van der Waals surface area contributed by atoms with Crippen LogP contribution in [0.3, 0.4) is 0 Å². The number of benzene rings is 2. The first-order valence-electron chi connectivity index (χ1n) is 11.5. The van der Waals surface area contributed by atoms with Crippen LogP contribution in [0.5, 0.6) is 11.5 Å². The average Bonchev–Trinajstić information content (AvgIpc) is 3.19. The number of hydrogen-bond acceptors (Lipinski definition) is 8. The van der Waals surface area contributed by atoms with Gasteiger partial charge in [-0.2, -0.15) is 9.29 Å². The fraction of sp³-hybridized carbons (Fsp3) is 0.333. The molecule has 188 valence electrons. The zero-order valence-corrected chi connectivity index (χ0v) is 21.0. The highest BCUT2D eigenvalue weighted by atomic mass is 32.2. The van der Waals surface area contributed by atoms with Crippen molar-refractivity contribution in [1.82, 2.24) is 24.1 Å². The lowest BCUT2D eigenvalue weighted by Crippen LogP contribution is -2.35. The third-order valence-electron chi connectivity index (χ3n) is 6.39. The van der Waals surface area contributed by atoms with Crippen LogP contribution >= 0.6 is 0 Å². The summed E-state index contributed by atoms with van der Waals surface area (Å²) in [4.78, 5) is 17.5. The van der Waals surface area contributed by atoms with Crippen LogP contribution in [0.1, 0.15) is 29.6 Å². The molecule has 36 heavy (non-hydrogen) atoms. The summed E-state index contributed by atoms with van der Waals surface area (Å²) in [7, 11) is 1.21. The van der Waals surface area contributed by atoms with E-state index in [4.69, 9.17) is 9.47 Å². The molecule has 0 bridgehead atoms. The van der Waals surface area contributed by atoms with Crippen molar-refractivity contribution < 1.29 is 22.7 Å². The van der Waals surface area contributed by atoms with Crippen molar-refractivity contribution in [3.8, 4) is 11.5 Å². The number of aryl methyl sites for hydroxylation is 1. The van der Waals surface area contributed by atoms with E-state index in [0.29, 0.717) is 46.7 Å². The number of nitrogens with zero attached hydrogens (tertiary/aromatic N) is 5. The van der Waals surface area contributed by atoms with E-state index in [1.54, 1.807) is 48.0 Å². The van der Waals surface area contributed by atoms with Crippen LogP contribution in [0.2, 0.25) is 0 Å². The maximum absolute atomic E-state index is 13.2. The van der Waals surface area contributed by atoms with Gasteiger partial charge in [-0.25, -0.2) is 8.42 Å². The summed E-state index contributed by atoms with van der Waals surface area (Å²) in [5, 5.41) is 11.6. The molecule has 1 aliphatic rings. The molecule has 0 atom stereocenters. The number of rotatable bonds is 6. The van der Waals surface area contributed by atoms with Crippen LogP contribution in [-0.2, 0) is 17.1 Å². The van der Waals surface area contributed by atoms with Gasteiger partial charge < -0.3 is 14.0 Å². The third kappa shape index (κ3) is 4.11. The molecule has 1 N–H and O–H groups in total. The number of nitrogens with one attached hydrogen (secondary N) is 1. The van der Waals surface area contributed by atoms with Crippen LogP contribution in [0.15, 0.2) is 41.3 Å². The van der Waals surface area contributed by atoms with E-state index < -0.39 is 15.9 Å². The number of hydrogen-bond donors (Lipinski definition) is 1. The molecule has 5 rings (SSSR count). The minimum Gasteiger partial charge on any atom is -0.493 e. The average molecular weight is 511 g/mol. The number of anilines is 1. The Kier molecular flexibility index (Phi) is 6.22. The number of methoxy groups -OCH3 is 2. The van der Waals surface area contributed by atoms with Crippen molar-refractivity contribution in [1.29, 1.82) is 0 Å². The molecular weight excluding hydrogens is 484 g/mol. The van der Waals surface area contributed by atoms with Gasteiger partial charge in [0.15, 0.2) is 17.1 Å². The number of ether oxygens (including phenoxy) is 2. The van der Waals surface area contributed by atoms with Crippen LogP contribution in [0, 0.1) is 0 Å². The van der Waals surface area contributed by atoms with Gasteiger partial charge in [-0.15, -0.1) is 10.2 Å². The third-order valence-corrected chi connectivity index (χ3v) is 8.29. The highest BCUT2D eigenvalue weighted by molar-refractivity contribution is 7.89. The van der Waals surface area contributed by atoms with E-state index >= 15 is 0 Å². The lowest BCUT2D eigenvalue weighted by Gasteiger charge is -2.25. The predicted molar refractivity (Wildman–Crippen MR) is 134 cm³/mol. The first-order valence-corrected chi connectivity index (χ1v) is 12.9. The normalized spacial score (nSPS) is 14.8. The summed E-state index contributed by atoms with van der Waals surface area (Å²) < 4.78 is 40.1. The summed E-state index contributed by atoms with van der Waals surface area (Å²) in [6, 6.07) is 9.77. The Bertz CT molecular complexity index is 1580. The molecule has 11 nitrogen and oxygen atoms in total. The molecule has 0 spiro atoms. The number of sulfonamides is 1. The highest BCUT2D eigenvalue weighted by Gasteiger charge is 2.27. The summed E-state index contributed by atoms with van der Waals surface area (Å²) in [6.07, 6.45) is 2.77. The van der Waals surface area contributed by atoms with Crippen LogP contribution in [0.4, 0.5) is 5.95 Å². The molecule has 3 heterocycles. The molecule has 12 heteroatoms. The SMILES string of the molecule is COc1ccc(C(=O)Nc2nnc3c4cc(S(=O)(=O)N5CCCCC5)ccc4n(C)c3n2)cc1OC. The zero-order chi connectivity index (χ0) is 25.4. The second kappa shape index (κ2) is 9.36. The Balaban J connectivity index is 1.48. The predicted octanol–water partition coefficient (Wildman–Crippen LogP) is 2.96. The molecule has 4 aromatic rings. The van der Waals surface area contributed by atoms with Crippen molar-refractivity contribution >= 4 is 43.9 Å². The first kappa shape index (κ1) is 23.9. The quantitative estimate of drug-likeness (QED) is 0.419. The number of aromatic nitrogens is 4. The van der Waals surface area contributed by atoms with Gasteiger partial charge in [-0.1, -0.05) is 6.42 Å². The second-order valence-corrected chi connectivity index (χ2v) is 10.5. The van der Waals surface area contributed by atoms with Crippen molar-refractivity contribution in [3.05, 3.63) is 42.0 Å². The molecule has 0 saturated carbocycles. The van der Waals surface area contributed by atoms with E-state index in [9.17, 15) is 13.2 Å². The monoisotopic (exact) mass is 510 g/mol. The largest absolute Gasteiger partial charge is 0.493 e. The molecule has 2 aromatic heterocycles. The molecule has 1 aliphatic heterocycles. The minimum atomic E-state index is -3.60. The summed E-state index contributed by atoms with van der Waals surface area (Å²) in [5.41, 5.74) is 2.01. The lowest BCUT2D eigenvalue weighted by atomic mass is 10.2. The van der Waals surface area contributed by atoms with E-state index in [1.165, 1.54) is 18.5 Å². The second-order valence-electron chi connectivity index (χ2n) is 8.53. The first-order chi connectivity index (χ1) is 17.3. The van der Waals surface area contributed by atoms with Crippen molar-refractivity contribution in [2.45, 2.75) is 24.2 Å². The number of carbonyl (C=O) groups excluding carboxylic acids is 1. The Morgan fingerprint density at radius 3 is 2.44 bits per heavy atom. The smallest absolute Gasteiger partial charge is 0.258 e. The number of carbonyl (C=O) groups is 1. The van der Waals surface area contributed by atoms with Crippen molar-refractivity contribution in [3.63, 3.8) is 0 Å². The Labute approximate surface area is 208 Å². The van der Waals surface area contributed by atoms with E-state index in [2.05, 4.69) is 20.5 Å². The summed E-state index contributed by atoms with van der Waals surface area (Å²) in [6.45, 7) is 1.06. The summed E-state index contributed by atoms with van der Waals surface area (Å²) in [5.74, 6) is 0.509. The van der Waals surface area contributed by atoms with Gasteiger partial charge in [0.1, 0.15) is 5.52 Å². The van der Waals surface area contributed by atoms with Gasteiger partial charge in [0.25, 0.3) is 11.9 Å². The molecule has 1 amide bonds. The van der Waals surface area contributed by atoms with Gasteiger partial charge >= 0.3 is 0 Å². The molecule has 2 aromatic carbocycles. The maximum atomic E-state index is 13.2. The van der Waals surface area contributed by atoms with E-state index in [0.717, 1.165) is 24.8 Å². The molecular formula is C24H26N6O5S. The number of fused-ring (bicyclic) bond motifs is 3. The van der Waals surface area contributed by atoms with Crippen molar-refractivity contribution in [2.24, 2.45) is 7.05 Å². The maximum Gasteiger partial charge on any atom is 0.258 e. The van der Waals surface area contributed by atoms with Crippen molar-refractivity contribution in [2.75, 3.05) is 32.6 Å². The Morgan fingerprint density at radius 2 is 1.72 bits per heavy atom. The standard InChI is InChI=1S/C24H26N6O5S/c1-29-18-9-8-16(36(32,33)30-11-5-4-6-12-30)14-17(18)21-22(29)25-24(28-27-21)26-23(31)15-7-10-19(34-2)20(13-15)35-3/h7-10,13-14H,4-6,11-12H2,1-3H3,(H,25,26,28,31). The Morgan fingerprint density at radius 1 is 0.972 bits per heavy atom. The molecule has 0 unspecified atom stereocenters. The van der Waals surface area contributed by atoms with E-state index in [1.807, 2.05) is 0 Å². The minimum absolute atomic E-state index is 0.0225. The van der Waals surface area contributed by atoms with Crippen LogP contribution in [0.25, 0.3) is 22.1 Å².